The van der Waals surface area contributed by atoms with E-state index in [0.717, 1.165) is 53.1 Å². The molecule has 1 aliphatic rings. The minimum Gasteiger partial charge on any atom is -0.351 e. The van der Waals surface area contributed by atoms with E-state index < -0.39 is 0 Å². The topological polar surface area (TPSA) is 21.1 Å². The van der Waals surface area contributed by atoms with E-state index in [9.17, 15) is 4.39 Å². The van der Waals surface area contributed by atoms with Crippen LogP contribution in [0.3, 0.4) is 0 Å². The number of aryl methyl sites for hydroxylation is 2. The van der Waals surface area contributed by atoms with Crippen molar-refractivity contribution in [2.24, 2.45) is 0 Å². The molecule has 5 heteroatoms. The van der Waals surface area contributed by atoms with Crippen LogP contribution < -0.4 is 4.90 Å². The van der Waals surface area contributed by atoms with E-state index in [1.807, 2.05) is 25.3 Å². The predicted molar refractivity (Wildman–Crippen MR) is 123 cm³/mol. The smallest absolute Gasteiger partial charge is 0.138 e. The summed E-state index contributed by atoms with van der Waals surface area (Å²) in [4.78, 5) is 7.10. The first-order chi connectivity index (χ1) is 14.1. The maximum absolute atomic E-state index is 14.5. The van der Waals surface area contributed by atoms with E-state index in [0.29, 0.717) is 6.54 Å². The van der Waals surface area contributed by atoms with Crippen molar-refractivity contribution in [1.82, 2.24) is 9.55 Å². The fourth-order valence-electron chi connectivity index (χ4n) is 4.47. The molecule has 0 bridgehead atoms. The molecule has 3 nitrogen and oxygen atoms in total. The van der Waals surface area contributed by atoms with E-state index in [-0.39, 0.29) is 18.2 Å². The number of aromatic nitrogens is 2. The quantitative estimate of drug-likeness (QED) is 0.415. The Hall–Kier alpha value is -2.85. The Morgan fingerprint density at radius 1 is 1.00 bits per heavy atom. The Kier molecular flexibility index (Phi) is 5.52. The lowest BCUT2D eigenvalue weighted by atomic mass is 10.00. The normalized spacial score (nSPS) is 13.2. The molecule has 154 valence electrons. The average Bonchev–Trinajstić information content (AvgIpc) is 3.05. The molecule has 0 N–H and O–H groups in total. The second kappa shape index (κ2) is 8.11. The van der Waals surface area contributed by atoms with Gasteiger partial charge in [-0.05, 0) is 55.2 Å². The molecule has 5 rings (SSSR count). The van der Waals surface area contributed by atoms with Crippen LogP contribution >= 0.6 is 12.4 Å². The van der Waals surface area contributed by atoms with Gasteiger partial charge in [0.1, 0.15) is 11.6 Å². The van der Waals surface area contributed by atoms with Crippen molar-refractivity contribution in [3.63, 3.8) is 0 Å². The molecule has 30 heavy (non-hydrogen) atoms. The van der Waals surface area contributed by atoms with Crippen molar-refractivity contribution in [1.29, 1.82) is 0 Å². The molecule has 4 aromatic rings. The molecule has 0 unspecified atom stereocenters. The Balaban J connectivity index is 0.00000218. The summed E-state index contributed by atoms with van der Waals surface area (Å²) in [7, 11) is 0. The highest BCUT2D eigenvalue weighted by Crippen LogP contribution is 2.32. The van der Waals surface area contributed by atoms with Gasteiger partial charge in [0.2, 0.25) is 0 Å². The summed E-state index contributed by atoms with van der Waals surface area (Å²) in [6.07, 6.45) is 2.91. The minimum atomic E-state index is -0.145. The van der Waals surface area contributed by atoms with Gasteiger partial charge in [-0.15, -0.1) is 12.4 Å². The van der Waals surface area contributed by atoms with E-state index in [4.69, 9.17) is 4.98 Å². The zero-order valence-corrected chi connectivity index (χ0v) is 18.0. The number of halogens is 2. The van der Waals surface area contributed by atoms with Crippen molar-refractivity contribution in [2.45, 2.75) is 33.4 Å². The Morgan fingerprint density at radius 2 is 1.80 bits per heavy atom. The molecular formula is C25H25ClFN3. The van der Waals surface area contributed by atoms with Gasteiger partial charge in [0.15, 0.2) is 0 Å². The van der Waals surface area contributed by atoms with Crippen molar-refractivity contribution < 1.29 is 4.39 Å². The van der Waals surface area contributed by atoms with Gasteiger partial charge in [0.25, 0.3) is 0 Å². The molecule has 2 aromatic heterocycles. The average molecular weight is 422 g/mol. The predicted octanol–water partition coefficient (Wildman–Crippen LogP) is 5.83. The summed E-state index contributed by atoms with van der Waals surface area (Å²) >= 11 is 0. The zero-order valence-electron chi connectivity index (χ0n) is 17.2. The molecule has 0 saturated heterocycles. The Bertz CT molecular complexity index is 1190. The summed E-state index contributed by atoms with van der Waals surface area (Å²) in [5.74, 6) is 0.872. The molecular weight excluding hydrogens is 397 g/mol. The van der Waals surface area contributed by atoms with Crippen LogP contribution in [0.5, 0.6) is 0 Å². The summed E-state index contributed by atoms with van der Waals surface area (Å²) in [5.41, 5.74) is 6.75. The lowest BCUT2D eigenvalue weighted by molar-refractivity contribution is 0.598. The maximum atomic E-state index is 14.5. The number of anilines is 1. The molecule has 1 aliphatic heterocycles. The zero-order chi connectivity index (χ0) is 20.0. The van der Waals surface area contributed by atoms with Crippen LogP contribution in [-0.4, -0.2) is 16.1 Å². The Morgan fingerprint density at radius 3 is 2.60 bits per heavy atom. The maximum Gasteiger partial charge on any atom is 0.138 e. The van der Waals surface area contributed by atoms with Gasteiger partial charge in [0, 0.05) is 35.9 Å². The number of fused-ring (bicyclic) bond motifs is 2. The molecule has 0 spiro atoms. The number of pyridine rings is 1. The van der Waals surface area contributed by atoms with Crippen LogP contribution in [0.4, 0.5) is 10.2 Å². The van der Waals surface area contributed by atoms with Gasteiger partial charge in [0.05, 0.1) is 12.1 Å². The van der Waals surface area contributed by atoms with Gasteiger partial charge in [-0.2, -0.15) is 0 Å². The highest BCUT2D eigenvalue weighted by Gasteiger charge is 2.21. The molecule has 2 aromatic carbocycles. The summed E-state index contributed by atoms with van der Waals surface area (Å²) < 4.78 is 16.6. The van der Waals surface area contributed by atoms with Crippen LogP contribution in [-0.2, 0) is 19.5 Å². The van der Waals surface area contributed by atoms with Gasteiger partial charge in [-0.3, -0.25) is 0 Å². The molecule has 0 aliphatic carbocycles. The van der Waals surface area contributed by atoms with Gasteiger partial charge < -0.3 is 9.47 Å². The number of hydrogen-bond donors (Lipinski definition) is 0. The number of hydrogen-bond acceptors (Lipinski definition) is 2. The molecule has 0 amide bonds. The summed E-state index contributed by atoms with van der Waals surface area (Å²) in [6.45, 7) is 6.42. The SMILES string of the molecule is Cc1cccc(F)c1Cn1c(C)cc2c(N3CCc4ccccc4C3)nccc21.Cl. The monoisotopic (exact) mass is 421 g/mol. The van der Waals surface area contributed by atoms with E-state index in [1.54, 1.807) is 12.1 Å². The van der Waals surface area contributed by atoms with Gasteiger partial charge in [-0.1, -0.05) is 36.4 Å². The van der Waals surface area contributed by atoms with E-state index in [2.05, 4.69) is 46.7 Å². The second-order valence-electron chi connectivity index (χ2n) is 7.91. The van der Waals surface area contributed by atoms with Crippen LogP contribution in [0.2, 0.25) is 0 Å². The summed E-state index contributed by atoms with van der Waals surface area (Å²) in [5, 5.41) is 1.14. The third kappa shape index (κ3) is 3.46. The van der Waals surface area contributed by atoms with Crippen molar-refractivity contribution >= 4 is 29.1 Å². The highest BCUT2D eigenvalue weighted by molar-refractivity contribution is 5.91. The lowest BCUT2D eigenvalue weighted by Crippen LogP contribution is -2.31. The molecule has 0 saturated carbocycles. The first kappa shape index (κ1) is 20.4. The Labute approximate surface area is 182 Å². The van der Waals surface area contributed by atoms with Crippen molar-refractivity contribution in [2.75, 3.05) is 11.4 Å². The van der Waals surface area contributed by atoms with Gasteiger partial charge >= 0.3 is 0 Å². The van der Waals surface area contributed by atoms with E-state index in [1.165, 1.54) is 11.1 Å². The number of nitrogens with zero attached hydrogens (tertiary/aromatic N) is 3. The van der Waals surface area contributed by atoms with Crippen molar-refractivity contribution in [3.05, 3.63) is 94.6 Å². The fraction of sp³-hybridized carbons (Fsp3) is 0.240. The van der Waals surface area contributed by atoms with Crippen LogP contribution in [0.25, 0.3) is 10.9 Å². The summed E-state index contributed by atoms with van der Waals surface area (Å²) in [6, 6.07) is 18.2. The third-order valence-corrected chi connectivity index (χ3v) is 6.12. The van der Waals surface area contributed by atoms with Gasteiger partial charge in [-0.25, -0.2) is 9.37 Å². The van der Waals surface area contributed by atoms with Crippen molar-refractivity contribution in [3.8, 4) is 0 Å². The van der Waals surface area contributed by atoms with Crippen LogP contribution in [0.1, 0.15) is 27.9 Å². The van der Waals surface area contributed by atoms with Crippen LogP contribution in [0, 0.1) is 19.7 Å². The number of benzene rings is 2. The standard InChI is InChI=1S/C25H24FN3.ClH/c1-17-6-5-9-23(26)22(17)16-29-18(2)14-21-24(29)10-12-27-25(21)28-13-11-19-7-3-4-8-20(19)15-28;/h3-10,12,14H,11,13,15-16H2,1-2H3;1H. The molecule has 0 radical (unpaired) electrons. The first-order valence-electron chi connectivity index (χ1n) is 10.1. The highest BCUT2D eigenvalue weighted by atomic mass is 35.5. The molecule has 0 atom stereocenters. The largest absolute Gasteiger partial charge is 0.351 e. The second-order valence-corrected chi connectivity index (χ2v) is 7.91. The third-order valence-electron chi connectivity index (χ3n) is 6.12. The minimum absolute atomic E-state index is 0. The number of rotatable bonds is 3. The lowest BCUT2D eigenvalue weighted by Gasteiger charge is -2.30. The molecule has 0 fully saturated rings. The van der Waals surface area contributed by atoms with Crippen LogP contribution in [0.15, 0.2) is 60.8 Å². The molecule has 3 heterocycles. The fourth-order valence-corrected chi connectivity index (χ4v) is 4.47. The van der Waals surface area contributed by atoms with E-state index >= 15 is 0 Å². The first-order valence-corrected chi connectivity index (χ1v) is 10.1.